The molecule has 0 spiro atoms. The quantitative estimate of drug-likeness (QED) is 0.130. The van der Waals surface area contributed by atoms with Gasteiger partial charge in [0.15, 0.2) is 11.3 Å². The molecule has 8 heterocycles. The number of anilines is 2. The van der Waals surface area contributed by atoms with Crippen molar-refractivity contribution < 1.29 is 9.59 Å². The summed E-state index contributed by atoms with van der Waals surface area (Å²) in [4.78, 5) is 33.8. The van der Waals surface area contributed by atoms with Crippen LogP contribution in [0, 0.1) is 0 Å². The van der Waals surface area contributed by atoms with Gasteiger partial charge in [-0.3, -0.25) is 19.0 Å². The molecule has 2 saturated heterocycles. The molecule has 0 aliphatic carbocycles. The van der Waals surface area contributed by atoms with Crippen molar-refractivity contribution in [3.05, 3.63) is 59.1 Å². The highest BCUT2D eigenvalue weighted by atomic mass is 79.9. The zero-order valence-corrected chi connectivity index (χ0v) is 32.9. The highest BCUT2D eigenvalue weighted by Gasteiger charge is 2.30. The Morgan fingerprint density at radius 1 is 0.818 bits per heavy atom. The van der Waals surface area contributed by atoms with Crippen molar-refractivity contribution in [2.45, 2.75) is 62.9 Å². The van der Waals surface area contributed by atoms with E-state index in [1.165, 1.54) is 0 Å². The largest absolute Gasteiger partial charge is 0.384 e. The monoisotopic (exact) mass is 814 g/mol. The van der Waals surface area contributed by atoms with Gasteiger partial charge in [0.05, 0.1) is 52.7 Å². The van der Waals surface area contributed by atoms with E-state index in [-0.39, 0.29) is 35.7 Å². The number of carbonyl (C=O) groups excluding carboxylic acids is 2. The number of nitrogens with two attached hydrogens (primary N) is 2. The summed E-state index contributed by atoms with van der Waals surface area (Å²) in [5, 5.41) is 29.5. The lowest BCUT2D eigenvalue weighted by Gasteiger charge is -2.29. The average molecular weight is 816 g/mol. The summed E-state index contributed by atoms with van der Waals surface area (Å²) in [6, 6.07) is 1.58. The van der Waals surface area contributed by atoms with Crippen LogP contribution in [0.15, 0.2) is 47.7 Å². The molecule has 4 atom stereocenters. The standard InChI is InChI=1S/C19H25BrN8O.C17H22N8O/c1-3-6-22-19(29)14-5-4-11(7-23-14)16-15(20)17(21)28-18(26-16)13(9-25-28)12-8-24-27(2)10-12;1-19-17(26)13-4-3-10(6-20-13)14-5-15(18)25-16(23-14)12(8-22-25)11-7-21-24(2)9-11/h8-11,14,23H,3-7,21H2,1-2H3,(H,22,29);5,7-10,13,20H,3-4,6,18H2,1-2H3,(H,19,26)/t11-,14-;10-,13-/m00/s1. The summed E-state index contributed by atoms with van der Waals surface area (Å²) in [5.74, 6) is 1.53. The van der Waals surface area contributed by atoms with Gasteiger partial charge in [0.1, 0.15) is 11.6 Å². The third kappa shape index (κ3) is 7.76. The van der Waals surface area contributed by atoms with Gasteiger partial charge in [-0.05, 0) is 48.0 Å². The van der Waals surface area contributed by atoms with Crippen molar-refractivity contribution in [3.63, 3.8) is 0 Å². The Morgan fingerprint density at radius 2 is 1.40 bits per heavy atom. The van der Waals surface area contributed by atoms with Crippen molar-refractivity contribution in [2.75, 3.05) is 38.1 Å². The molecule has 55 heavy (non-hydrogen) atoms. The van der Waals surface area contributed by atoms with Crippen molar-refractivity contribution in [1.29, 1.82) is 0 Å². The minimum absolute atomic E-state index is 0.0287. The van der Waals surface area contributed by atoms with Gasteiger partial charge in [-0.1, -0.05) is 6.92 Å². The third-order valence-corrected chi connectivity index (χ3v) is 11.1. The minimum Gasteiger partial charge on any atom is -0.384 e. The highest BCUT2D eigenvalue weighted by Crippen LogP contribution is 2.36. The van der Waals surface area contributed by atoms with E-state index in [1.807, 2.05) is 39.5 Å². The van der Waals surface area contributed by atoms with E-state index in [9.17, 15) is 9.59 Å². The number of hydrogen-bond donors (Lipinski definition) is 6. The molecule has 0 bridgehead atoms. The summed E-state index contributed by atoms with van der Waals surface area (Å²) in [7, 11) is 5.41. The number of fused-ring (bicyclic) bond motifs is 2. The number of carbonyl (C=O) groups is 2. The second-order valence-electron chi connectivity index (χ2n) is 14.1. The zero-order chi connectivity index (χ0) is 38.8. The molecule has 2 amide bonds. The molecule has 0 aromatic carbocycles. The van der Waals surface area contributed by atoms with Crippen molar-refractivity contribution in [2.24, 2.45) is 14.1 Å². The van der Waals surface area contributed by atoms with E-state index >= 15 is 0 Å². The topological polar surface area (TPSA) is 230 Å². The number of piperidine rings is 2. The second kappa shape index (κ2) is 16.1. The van der Waals surface area contributed by atoms with E-state index in [0.29, 0.717) is 36.9 Å². The SMILES string of the molecule is CCCNC(=O)[C@@H]1CC[C@H](c2nc3c(-c4cnn(C)c4)cnn3c(N)c2Br)CN1.CNC(=O)[C@@H]1CC[C@H](c2cc(N)n3ncc(-c4cnn(C)c4)c3n2)CN1. The van der Waals surface area contributed by atoms with Crippen LogP contribution in [0.3, 0.4) is 0 Å². The number of nitrogens with zero attached hydrogens (tertiary/aromatic N) is 10. The van der Waals surface area contributed by atoms with Gasteiger partial charge in [0.2, 0.25) is 11.8 Å². The van der Waals surface area contributed by atoms with E-state index < -0.39 is 0 Å². The molecule has 19 heteroatoms. The number of nitrogens with one attached hydrogen (secondary N) is 4. The van der Waals surface area contributed by atoms with Gasteiger partial charge < -0.3 is 32.7 Å². The Balaban J connectivity index is 0.000000170. The third-order valence-electron chi connectivity index (χ3n) is 10.3. The number of hydrogen-bond acceptors (Lipinski definition) is 12. The van der Waals surface area contributed by atoms with Crippen LogP contribution >= 0.6 is 15.9 Å². The predicted molar refractivity (Wildman–Crippen MR) is 212 cm³/mol. The maximum atomic E-state index is 12.2. The van der Waals surface area contributed by atoms with Crippen molar-refractivity contribution >= 4 is 50.7 Å². The summed E-state index contributed by atoms with van der Waals surface area (Å²) in [6.45, 7) is 4.11. The molecule has 0 saturated carbocycles. The number of aryl methyl sites for hydroxylation is 2. The first kappa shape index (κ1) is 37.9. The number of halogens is 1. The smallest absolute Gasteiger partial charge is 0.237 e. The lowest BCUT2D eigenvalue weighted by atomic mass is 9.91. The van der Waals surface area contributed by atoms with Crippen LogP contribution in [0.2, 0.25) is 0 Å². The van der Waals surface area contributed by atoms with Crippen LogP contribution in [-0.4, -0.2) is 99.3 Å². The van der Waals surface area contributed by atoms with E-state index in [4.69, 9.17) is 21.4 Å². The van der Waals surface area contributed by atoms with Crippen LogP contribution in [0.4, 0.5) is 11.6 Å². The van der Waals surface area contributed by atoms with E-state index in [2.05, 4.69) is 57.6 Å². The second-order valence-corrected chi connectivity index (χ2v) is 14.9. The fraction of sp³-hybridized carbons (Fsp3) is 0.444. The number of amides is 2. The Morgan fingerprint density at radius 3 is 1.95 bits per heavy atom. The summed E-state index contributed by atoms with van der Waals surface area (Å²) in [5.41, 5.74) is 19.5. The molecule has 2 aliphatic heterocycles. The number of rotatable bonds is 8. The van der Waals surface area contributed by atoms with Crippen molar-refractivity contribution in [1.82, 2.24) is 70.0 Å². The van der Waals surface area contributed by atoms with Crippen LogP contribution in [-0.2, 0) is 23.7 Å². The molecule has 18 nitrogen and oxygen atoms in total. The fourth-order valence-electron chi connectivity index (χ4n) is 7.22. The molecule has 6 aromatic rings. The van der Waals surface area contributed by atoms with Crippen LogP contribution in [0.1, 0.15) is 62.3 Å². The molecular weight excluding hydrogens is 768 g/mol. The first-order valence-corrected chi connectivity index (χ1v) is 19.3. The van der Waals surface area contributed by atoms with Gasteiger partial charge >= 0.3 is 0 Å². The van der Waals surface area contributed by atoms with Gasteiger partial charge in [0, 0.05) is 93.3 Å². The van der Waals surface area contributed by atoms with Gasteiger partial charge in [-0.2, -0.15) is 29.4 Å². The molecule has 6 aromatic heterocycles. The van der Waals surface area contributed by atoms with Gasteiger partial charge in [-0.25, -0.2) is 9.97 Å². The zero-order valence-electron chi connectivity index (χ0n) is 31.3. The minimum atomic E-state index is -0.154. The lowest BCUT2D eigenvalue weighted by molar-refractivity contribution is -0.124. The molecule has 2 fully saturated rings. The molecule has 290 valence electrons. The summed E-state index contributed by atoms with van der Waals surface area (Å²) in [6.07, 6.45) is 15.2. The number of aromatic nitrogens is 10. The predicted octanol–water partition coefficient (Wildman–Crippen LogP) is 2.13. The molecule has 8 N–H and O–H groups in total. The van der Waals surface area contributed by atoms with E-state index in [1.54, 1.807) is 50.2 Å². The van der Waals surface area contributed by atoms with E-state index in [0.717, 1.165) is 75.9 Å². The van der Waals surface area contributed by atoms with Gasteiger partial charge in [-0.15, -0.1) is 0 Å². The van der Waals surface area contributed by atoms with Gasteiger partial charge in [0.25, 0.3) is 0 Å². The summed E-state index contributed by atoms with van der Waals surface area (Å²) >= 11 is 3.61. The Bertz CT molecular complexity index is 2310. The number of nitrogen functional groups attached to an aromatic ring is 2. The fourth-order valence-corrected chi connectivity index (χ4v) is 7.80. The maximum absolute atomic E-state index is 12.2. The molecule has 2 aliphatic rings. The Labute approximate surface area is 326 Å². The first-order valence-electron chi connectivity index (χ1n) is 18.5. The highest BCUT2D eigenvalue weighted by molar-refractivity contribution is 9.10. The van der Waals surface area contributed by atoms with Crippen molar-refractivity contribution in [3.8, 4) is 22.3 Å². The molecule has 8 rings (SSSR count). The Kier molecular flexibility index (Phi) is 11.1. The molecular formula is C36H47BrN16O2. The van der Waals surface area contributed by atoms with Crippen LogP contribution in [0.25, 0.3) is 33.5 Å². The van der Waals surface area contributed by atoms with Crippen LogP contribution < -0.4 is 32.7 Å². The number of likely N-dealkylation sites (N-methyl/N-ethyl adjacent to an activating group) is 1. The first-order chi connectivity index (χ1) is 26.6. The normalized spacial score (nSPS) is 19.9. The lowest BCUT2D eigenvalue weighted by Crippen LogP contribution is -2.48. The average Bonchev–Trinajstić information content (AvgIpc) is 4.02. The molecule has 0 unspecified atom stereocenters. The molecule has 0 radical (unpaired) electrons. The Hall–Kier alpha value is -5.40. The van der Waals surface area contributed by atoms with Crippen LogP contribution in [0.5, 0.6) is 0 Å². The summed E-state index contributed by atoms with van der Waals surface area (Å²) < 4.78 is 7.54. The maximum Gasteiger partial charge on any atom is 0.237 e.